The maximum absolute atomic E-state index is 6.10. The topological polar surface area (TPSA) is 30.5 Å². The first-order valence-corrected chi connectivity index (χ1v) is 10.7. The lowest BCUT2D eigenvalue weighted by Gasteiger charge is -2.16. The van der Waals surface area contributed by atoms with Crippen molar-refractivity contribution in [1.82, 2.24) is 0 Å². The molecule has 3 rings (SSSR count). The van der Waals surface area contributed by atoms with Gasteiger partial charge >= 0.3 is 0 Å². The van der Waals surface area contributed by atoms with Gasteiger partial charge in [0.2, 0.25) is 0 Å². The maximum atomic E-state index is 6.10. The monoisotopic (exact) mass is 523 g/mol. The minimum absolute atomic E-state index is 0.460. The van der Waals surface area contributed by atoms with E-state index in [1.54, 1.807) is 7.11 Å². The lowest BCUT2D eigenvalue weighted by atomic mass is 10.1. The first-order valence-electron chi connectivity index (χ1n) is 8.70. The summed E-state index contributed by atoms with van der Waals surface area (Å²) in [7, 11) is 1.65. The highest BCUT2D eigenvalue weighted by Gasteiger charge is 2.12. The van der Waals surface area contributed by atoms with Gasteiger partial charge in [0.1, 0.15) is 6.61 Å². The number of halogens is 3. The van der Waals surface area contributed by atoms with E-state index < -0.39 is 0 Å². The average molecular weight is 526 g/mol. The molecule has 0 radical (unpaired) electrons. The molecular weight excluding hydrogens is 506 g/mol. The van der Waals surface area contributed by atoms with Gasteiger partial charge in [-0.1, -0.05) is 45.7 Å². The molecule has 3 nitrogen and oxygen atoms in total. The molecule has 3 aromatic rings. The van der Waals surface area contributed by atoms with Crippen LogP contribution < -0.4 is 14.8 Å². The van der Waals surface area contributed by atoms with E-state index in [4.69, 9.17) is 21.1 Å². The Morgan fingerprint density at radius 2 is 1.71 bits per heavy atom. The molecule has 1 N–H and O–H groups in total. The number of anilines is 1. The Balaban J connectivity index is 1.73. The highest BCUT2D eigenvalue weighted by atomic mass is 79.9. The van der Waals surface area contributed by atoms with Gasteiger partial charge in [-0.05, 0) is 75.9 Å². The largest absolute Gasteiger partial charge is 0.493 e. The van der Waals surface area contributed by atoms with Crippen molar-refractivity contribution in [1.29, 1.82) is 0 Å². The number of hydrogen-bond donors (Lipinski definition) is 1. The molecule has 0 amide bonds. The molecule has 0 heterocycles. The van der Waals surface area contributed by atoms with Gasteiger partial charge in [0, 0.05) is 21.7 Å². The molecule has 146 valence electrons. The first-order chi connectivity index (χ1) is 13.5. The van der Waals surface area contributed by atoms with Crippen LogP contribution in [0.3, 0.4) is 0 Å². The van der Waals surface area contributed by atoms with Crippen LogP contribution in [-0.4, -0.2) is 7.11 Å². The van der Waals surface area contributed by atoms with Crippen molar-refractivity contribution < 1.29 is 9.47 Å². The predicted octanol–water partition coefficient (Wildman–Crippen LogP) is 7.37. The SMILES string of the molecule is COc1cc(CNc2cc(Cl)ccc2C)cc(Br)c1OCc1ccc(Br)cc1. The van der Waals surface area contributed by atoms with Crippen LogP contribution in [0.2, 0.25) is 5.02 Å². The number of nitrogens with one attached hydrogen (secondary N) is 1. The zero-order chi connectivity index (χ0) is 20.1. The third kappa shape index (κ3) is 5.43. The normalized spacial score (nSPS) is 10.6. The van der Waals surface area contributed by atoms with Crippen LogP contribution in [0.15, 0.2) is 63.5 Å². The van der Waals surface area contributed by atoms with Gasteiger partial charge in [-0.25, -0.2) is 0 Å². The number of ether oxygens (including phenoxy) is 2. The number of methoxy groups -OCH3 is 1. The lowest BCUT2D eigenvalue weighted by Crippen LogP contribution is -2.03. The van der Waals surface area contributed by atoms with E-state index in [9.17, 15) is 0 Å². The summed E-state index contributed by atoms with van der Waals surface area (Å²) in [6.45, 7) is 3.15. The van der Waals surface area contributed by atoms with Crippen LogP contribution in [0.1, 0.15) is 16.7 Å². The molecule has 0 spiro atoms. The maximum Gasteiger partial charge on any atom is 0.175 e. The molecule has 0 bridgehead atoms. The van der Waals surface area contributed by atoms with Crippen LogP contribution in [0.25, 0.3) is 0 Å². The zero-order valence-electron chi connectivity index (χ0n) is 15.6. The molecule has 3 aromatic carbocycles. The standard InChI is InChI=1S/C22H20Br2ClNO2/c1-14-3-8-18(25)11-20(14)26-12-16-9-19(24)22(21(10-16)27-2)28-13-15-4-6-17(23)7-5-15/h3-11,26H,12-13H2,1-2H3. The van der Waals surface area contributed by atoms with Crippen LogP contribution in [0, 0.1) is 6.92 Å². The Bertz CT molecular complexity index is 961. The minimum Gasteiger partial charge on any atom is -0.493 e. The first kappa shape index (κ1) is 21.0. The van der Waals surface area contributed by atoms with Gasteiger partial charge in [0.05, 0.1) is 11.6 Å². The van der Waals surface area contributed by atoms with E-state index >= 15 is 0 Å². The van der Waals surface area contributed by atoms with Gasteiger partial charge in [-0.2, -0.15) is 0 Å². The summed E-state index contributed by atoms with van der Waals surface area (Å²) >= 11 is 13.2. The van der Waals surface area contributed by atoms with Gasteiger partial charge in [-0.3, -0.25) is 0 Å². The van der Waals surface area contributed by atoms with E-state index in [1.807, 2.05) is 61.5 Å². The minimum atomic E-state index is 0.460. The van der Waals surface area contributed by atoms with Gasteiger partial charge in [0.25, 0.3) is 0 Å². The number of benzene rings is 3. The molecule has 0 saturated carbocycles. The van der Waals surface area contributed by atoms with Crippen molar-refractivity contribution in [3.63, 3.8) is 0 Å². The summed E-state index contributed by atoms with van der Waals surface area (Å²) in [4.78, 5) is 0. The molecule has 0 unspecified atom stereocenters. The second-order valence-corrected chi connectivity index (χ2v) is 8.54. The third-order valence-electron chi connectivity index (χ3n) is 4.27. The Morgan fingerprint density at radius 3 is 2.43 bits per heavy atom. The fourth-order valence-corrected chi connectivity index (χ4v) is 3.77. The predicted molar refractivity (Wildman–Crippen MR) is 123 cm³/mol. The summed E-state index contributed by atoms with van der Waals surface area (Å²) < 4.78 is 13.5. The van der Waals surface area contributed by atoms with Crippen molar-refractivity contribution in [3.8, 4) is 11.5 Å². The summed E-state index contributed by atoms with van der Waals surface area (Å²) in [5.74, 6) is 1.37. The molecule has 0 fully saturated rings. The zero-order valence-corrected chi connectivity index (χ0v) is 19.5. The molecule has 28 heavy (non-hydrogen) atoms. The molecule has 0 atom stereocenters. The summed E-state index contributed by atoms with van der Waals surface area (Å²) in [5.41, 5.74) is 4.31. The second kappa shape index (κ2) is 9.68. The average Bonchev–Trinajstić information content (AvgIpc) is 2.68. The summed E-state index contributed by atoms with van der Waals surface area (Å²) in [6, 6.07) is 17.9. The summed E-state index contributed by atoms with van der Waals surface area (Å²) in [6.07, 6.45) is 0. The van der Waals surface area contributed by atoms with E-state index in [1.165, 1.54) is 0 Å². The molecule has 0 aliphatic carbocycles. The van der Waals surface area contributed by atoms with Crippen LogP contribution in [0.5, 0.6) is 11.5 Å². The molecular formula is C22H20Br2ClNO2. The molecule has 6 heteroatoms. The number of rotatable bonds is 7. The number of aryl methyl sites for hydroxylation is 1. The third-order valence-corrected chi connectivity index (χ3v) is 5.62. The van der Waals surface area contributed by atoms with Crippen LogP contribution in [0.4, 0.5) is 5.69 Å². The fraction of sp³-hybridized carbons (Fsp3) is 0.182. The fourth-order valence-electron chi connectivity index (χ4n) is 2.73. The van der Waals surface area contributed by atoms with E-state index in [2.05, 4.69) is 37.2 Å². The Labute approximate surface area is 187 Å². The molecule has 0 aliphatic heterocycles. The van der Waals surface area contributed by atoms with E-state index in [0.717, 1.165) is 31.3 Å². The molecule has 0 saturated heterocycles. The molecule has 0 aromatic heterocycles. The molecule has 0 aliphatic rings. The highest BCUT2D eigenvalue weighted by molar-refractivity contribution is 9.10. The van der Waals surface area contributed by atoms with Crippen molar-refractivity contribution in [2.24, 2.45) is 0 Å². The van der Waals surface area contributed by atoms with Crippen molar-refractivity contribution in [3.05, 3.63) is 85.3 Å². The quantitative estimate of drug-likeness (QED) is 0.349. The lowest BCUT2D eigenvalue weighted by molar-refractivity contribution is 0.282. The van der Waals surface area contributed by atoms with Crippen LogP contribution in [-0.2, 0) is 13.2 Å². The summed E-state index contributed by atoms with van der Waals surface area (Å²) in [5, 5.41) is 4.14. The van der Waals surface area contributed by atoms with Crippen LogP contribution >= 0.6 is 43.5 Å². The van der Waals surface area contributed by atoms with E-state index in [0.29, 0.717) is 29.7 Å². The van der Waals surface area contributed by atoms with Crippen molar-refractivity contribution in [2.45, 2.75) is 20.1 Å². The Hall–Kier alpha value is -1.69. The smallest absolute Gasteiger partial charge is 0.175 e. The Morgan fingerprint density at radius 1 is 0.964 bits per heavy atom. The Kier molecular flexibility index (Phi) is 7.27. The van der Waals surface area contributed by atoms with E-state index in [-0.39, 0.29) is 0 Å². The van der Waals surface area contributed by atoms with Crippen molar-refractivity contribution in [2.75, 3.05) is 12.4 Å². The van der Waals surface area contributed by atoms with Gasteiger partial charge in [-0.15, -0.1) is 0 Å². The van der Waals surface area contributed by atoms with Gasteiger partial charge in [0.15, 0.2) is 11.5 Å². The van der Waals surface area contributed by atoms with Crippen molar-refractivity contribution >= 4 is 49.1 Å². The number of hydrogen-bond acceptors (Lipinski definition) is 3. The highest BCUT2D eigenvalue weighted by Crippen LogP contribution is 2.37. The van der Waals surface area contributed by atoms with Gasteiger partial charge < -0.3 is 14.8 Å². The second-order valence-electron chi connectivity index (χ2n) is 6.34.